The zero-order valence-corrected chi connectivity index (χ0v) is 15.0. The molecule has 3 heterocycles. The molecule has 2 aromatic heterocycles. The van der Waals surface area contributed by atoms with E-state index in [2.05, 4.69) is 25.8 Å². The first kappa shape index (κ1) is 16.9. The summed E-state index contributed by atoms with van der Waals surface area (Å²) in [5.41, 5.74) is 3.72. The van der Waals surface area contributed by atoms with Crippen LogP contribution in [0.3, 0.4) is 0 Å². The van der Waals surface area contributed by atoms with Crippen LogP contribution in [0.4, 0.5) is 9.52 Å². The summed E-state index contributed by atoms with van der Waals surface area (Å²) in [6.45, 7) is 3.37. The van der Waals surface area contributed by atoms with Crippen molar-refractivity contribution in [3.63, 3.8) is 0 Å². The van der Waals surface area contributed by atoms with Gasteiger partial charge in [0.05, 0.1) is 5.69 Å². The van der Waals surface area contributed by atoms with Crippen LogP contribution in [0.15, 0.2) is 24.3 Å². The topological polar surface area (TPSA) is 82.7 Å². The van der Waals surface area contributed by atoms with E-state index in [0.29, 0.717) is 29.4 Å². The van der Waals surface area contributed by atoms with Crippen LogP contribution in [-0.2, 0) is 19.4 Å². The van der Waals surface area contributed by atoms with Crippen LogP contribution in [0, 0.1) is 12.7 Å². The first-order valence-corrected chi connectivity index (χ1v) is 9.21. The van der Waals surface area contributed by atoms with Gasteiger partial charge in [-0.1, -0.05) is 18.2 Å². The number of carbonyl (C=O) groups excluding carboxylic acids is 1. The van der Waals surface area contributed by atoms with Gasteiger partial charge in [-0.3, -0.25) is 15.2 Å². The summed E-state index contributed by atoms with van der Waals surface area (Å²) in [5, 5.41) is 13.7. The normalized spacial score (nSPS) is 13.5. The van der Waals surface area contributed by atoms with Crippen molar-refractivity contribution in [3.05, 3.63) is 63.2 Å². The fourth-order valence-electron chi connectivity index (χ4n) is 3.03. The molecule has 0 atom stereocenters. The van der Waals surface area contributed by atoms with Crippen molar-refractivity contribution in [1.29, 1.82) is 0 Å². The van der Waals surface area contributed by atoms with Crippen LogP contribution in [0.1, 0.15) is 37.9 Å². The molecule has 0 unspecified atom stereocenters. The number of halogens is 1. The molecule has 134 valence electrons. The van der Waals surface area contributed by atoms with E-state index in [1.807, 2.05) is 13.0 Å². The summed E-state index contributed by atoms with van der Waals surface area (Å²) in [6, 6.07) is 6.69. The fourth-order valence-corrected chi connectivity index (χ4v) is 4.01. The van der Waals surface area contributed by atoms with E-state index in [1.54, 1.807) is 12.1 Å². The number of thiazole rings is 1. The summed E-state index contributed by atoms with van der Waals surface area (Å²) in [6.07, 6.45) is 1.28. The van der Waals surface area contributed by atoms with Gasteiger partial charge in [0.1, 0.15) is 5.82 Å². The molecule has 0 fully saturated rings. The molecule has 0 saturated carbocycles. The van der Waals surface area contributed by atoms with Gasteiger partial charge in [-0.05, 0) is 18.6 Å². The second-order valence-corrected chi connectivity index (χ2v) is 7.29. The van der Waals surface area contributed by atoms with Crippen molar-refractivity contribution < 1.29 is 9.18 Å². The maximum Gasteiger partial charge on any atom is 0.278 e. The van der Waals surface area contributed by atoms with E-state index in [-0.39, 0.29) is 11.7 Å². The molecule has 1 aliphatic rings. The number of hydrogen-bond acceptors (Lipinski definition) is 5. The van der Waals surface area contributed by atoms with Crippen LogP contribution in [-0.4, -0.2) is 27.6 Å². The molecule has 4 rings (SSSR count). The maximum atomic E-state index is 13.9. The summed E-state index contributed by atoms with van der Waals surface area (Å²) in [7, 11) is 0. The first-order valence-electron chi connectivity index (χ1n) is 8.39. The van der Waals surface area contributed by atoms with E-state index in [1.165, 1.54) is 17.4 Å². The van der Waals surface area contributed by atoms with Gasteiger partial charge in [0, 0.05) is 42.1 Å². The lowest BCUT2D eigenvalue weighted by atomic mass is 10.1. The first-order chi connectivity index (χ1) is 12.6. The minimum Gasteiger partial charge on any atom is -0.312 e. The minimum absolute atomic E-state index is 0.235. The zero-order chi connectivity index (χ0) is 18.1. The summed E-state index contributed by atoms with van der Waals surface area (Å²) in [5.74, 6) is -0.515. The number of aromatic nitrogens is 3. The van der Waals surface area contributed by atoms with E-state index >= 15 is 0 Å². The Morgan fingerprint density at radius 1 is 1.38 bits per heavy atom. The molecule has 1 amide bonds. The highest BCUT2D eigenvalue weighted by Gasteiger charge is 2.22. The minimum atomic E-state index is -0.280. The van der Waals surface area contributed by atoms with Gasteiger partial charge >= 0.3 is 0 Å². The Kier molecular flexibility index (Phi) is 4.52. The molecule has 1 aromatic carbocycles. The number of rotatable bonds is 4. The number of hydrogen-bond donors (Lipinski definition) is 3. The third kappa shape index (κ3) is 3.25. The van der Waals surface area contributed by atoms with Gasteiger partial charge in [0.25, 0.3) is 5.91 Å². The largest absolute Gasteiger partial charge is 0.312 e. The lowest BCUT2D eigenvalue weighted by Gasteiger charge is -2.12. The highest BCUT2D eigenvalue weighted by molar-refractivity contribution is 7.15. The van der Waals surface area contributed by atoms with Gasteiger partial charge in [0.2, 0.25) is 0 Å². The number of H-pyrrole nitrogens is 1. The average molecular weight is 371 g/mol. The lowest BCUT2D eigenvalue weighted by Crippen LogP contribution is -2.25. The van der Waals surface area contributed by atoms with Crippen molar-refractivity contribution in [2.75, 3.05) is 11.9 Å². The van der Waals surface area contributed by atoms with Crippen LogP contribution < -0.4 is 10.6 Å². The molecule has 6 nitrogen and oxygen atoms in total. The van der Waals surface area contributed by atoms with E-state index in [4.69, 9.17) is 0 Å². The van der Waals surface area contributed by atoms with Gasteiger partial charge < -0.3 is 5.32 Å². The molecule has 26 heavy (non-hydrogen) atoms. The number of fused-ring (bicyclic) bond motifs is 1. The molecular formula is C18H18FN5OS. The Bertz CT molecular complexity index is 964. The van der Waals surface area contributed by atoms with Gasteiger partial charge in [0.15, 0.2) is 10.8 Å². The Morgan fingerprint density at radius 2 is 2.23 bits per heavy atom. The smallest absolute Gasteiger partial charge is 0.278 e. The number of aromatic amines is 1. The fraction of sp³-hybridized carbons (Fsp3) is 0.278. The number of amides is 1. The molecule has 3 N–H and O–H groups in total. The molecule has 0 aliphatic carbocycles. The second-order valence-electron chi connectivity index (χ2n) is 6.21. The number of anilines is 1. The van der Waals surface area contributed by atoms with Crippen LogP contribution >= 0.6 is 11.3 Å². The van der Waals surface area contributed by atoms with Gasteiger partial charge in [-0.15, -0.1) is 11.3 Å². The molecule has 0 bridgehead atoms. The van der Waals surface area contributed by atoms with Crippen molar-refractivity contribution in [1.82, 2.24) is 20.5 Å². The van der Waals surface area contributed by atoms with Crippen LogP contribution in [0.2, 0.25) is 0 Å². The molecule has 0 radical (unpaired) electrons. The van der Waals surface area contributed by atoms with Crippen molar-refractivity contribution in [3.8, 4) is 0 Å². The second kappa shape index (κ2) is 6.97. The van der Waals surface area contributed by atoms with Crippen molar-refractivity contribution in [2.45, 2.75) is 26.3 Å². The summed E-state index contributed by atoms with van der Waals surface area (Å²) < 4.78 is 13.9. The van der Waals surface area contributed by atoms with E-state index in [9.17, 15) is 9.18 Å². The summed E-state index contributed by atoms with van der Waals surface area (Å²) >= 11 is 1.36. The number of nitrogens with zero attached hydrogens (tertiary/aromatic N) is 2. The zero-order valence-electron chi connectivity index (χ0n) is 14.2. The van der Waals surface area contributed by atoms with Crippen molar-refractivity contribution in [2.24, 2.45) is 0 Å². The Labute approximate surface area is 153 Å². The van der Waals surface area contributed by atoms with Crippen molar-refractivity contribution >= 4 is 22.4 Å². The third-order valence-corrected chi connectivity index (χ3v) is 5.52. The SMILES string of the molecule is Cc1nc(NC(=O)c2n[nH]c3c2CNCC3)sc1Cc1ccccc1F. The Morgan fingerprint density at radius 3 is 3.08 bits per heavy atom. The number of aryl methyl sites for hydroxylation is 1. The lowest BCUT2D eigenvalue weighted by molar-refractivity contribution is 0.102. The number of benzene rings is 1. The summed E-state index contributed by atoms with van der Waals surface area (Å²) in [4.78, 5) is 17.9. The van der Waals surface area contributed by atoms with E-state index in [0.717, 1.165) is 34.8 Å². The predicted molar refractivity (Wildman–Crippen MR) is 98.0 cm³/mol. The molecule has 1 aliphatic heterocycles. The molecule has 3 aromatic rings. The Hall–Kier alpha value is -2.58. The highest BCUT2D eigenvalue weighted by Crippen LogP contribution is 2.27. The molecule has 0 spiro atoms. The highest BCUT2D eigenvalue weighted by atomic mass is 32.1. The van der Waals surface area contributed by atoms with E-state index < -0.39 is 0 Å². The molecule has 0 saturated heterocycles. The van der Waals surface area contributed by atoms with Crippen LogP contribution in [0.25, 0.3) is 0 Å². The number of nitrogens with one attached hydrogen (secondary N) is 3. The molecule has 8 heteroatoms. The Balaban J connectivity index is 1.52. The van der Waals surface area contributed by atoms with Gasteiger partial charge in [-0.25, -0.2) is 9.37 Å². The monoisotopic (exact) mass is 371 g/mol. The quantitative estimate of drug-likeness (QED) is 0.659. The number of carbonyl (C=O) groups is 1. The third-order valence-electron chi connectivity index (χ3n) is 4.44. The molecular weight excluding hydrogens is 353 g/mol. The average Bonchev–Trinajstić information content (AvgIpc) is 3.20. The van der Waals surface area contributed by atoms with Crippen LogP contribution in [0.5, 0.6) is 0 Å². The maximum absolute atomic E-state index is 13.9. The van der Waals surface area contributed by atoms with Gasteiger partial charge in [-0.2, -0.15) is 5.10 Å². The predicted octanol–water partition coefficient (Wildman–Crippen LogP) is 2.80. The standard InChI is InChI=1S/C18H18FN5OS/c1-10-15(8-11-4-2-3-5-13(11)19)26-18(21-10)22-17(25)16-12-9-20-7-6-14(12)23-24-16/h2-5,20H,6-9H2,1H3,(H,23,24)(H,21,22,25).